The maximum Gasteiger partial charge on any atom is 0.306 e. The molecule has 0 saturated heterocycles. The van der Waals surface area contributed by atoms with Gasteiger partial charge in [0.25, 0.3) is 0 Å². The van der Waals surface area contributed by atoms with Crippen LogP contribution in [0.1, 0.15) is 26.0 Å². The molecule has 0 radical (unpaired) electrons. The van der Waals surface area contributed by atoms with Crippen LogP contribution in [0.2, 0.25) is 0 Å². The number of hydrogen-bond acceptors (Lipinski definition) is 4. The molecule has 4 nitrogen and oxygen atoms in total. The Labute approximate surface area is 95.5 Å². The molecule has 0 bridgehead atoms. The molecule has 0 N–H and O–H groups in total. The van der Waals surface area contributed by atoms with E-state index in [9.17, 15) is 4.79 Å². The molecule has 4 heteroatoms. The van der Waals surface area contributed by atoms with Crippen LogP contribution in [0.15, 0.2) is 22.8 Å². The maximum absolute atomic E-state index is 11.3. The van der Waals surface area contributed by atoms with Crippen molar-refractivity contribution in [2.75, 3.05) is 13.2 Å². The predicted molar refractivity (Wildman–Crippen MR) is 59.1 cm³/mol. The number of carbonyl (C=O) groups is 1. The minimum Gasteiger partial charge on any atom is -0.469 e. The second-order valence-electron chi connectivity index (χ2n) is 3.72. The summed E-state index contributed by atoms with van der Waals surface area (Å²) in [4.78, 5) is 11.3. The van der Waals surface area contributed by atoms with Crippen LogP contribution in [0.5, 0.6) is 0 Å². The van der Waals surface area contributed by atoms with Gasteiger partial charge >= 0.3 is 5.97 Å². The molecule has 1 aromatic heterocycles. The number of rotatable bonds is 7. The average Bonchev–Trinajstić information content (AvgIpc) is 2.74. The highest BCUT2D eigenvalue weighted by molar-refractivity contribution is 5.69. The standard InChI is InChI=1S/C12H18O4/c1-10(2)14-8-9-16-12(13)6-5-11-4-3-7-15-11/h3-4,7,10H,5-6,8-9H2,1-2H3. The highest BCUT2D eigenvalue weighted by Crippen LogP contribution is 2.04. The molecule has 90 valence electrons. The molecule has 0 spiro atoms. The summed E-state index contributed by atoms with van der Waals surface area (Å²) in [7, 11) is 0. The zero-order valence-corrected chi connectivity index (χ0v) is 9.77. The third-order valence-corrected chi connectivity index (χ3v) is 1.95. The van der Waals surface area contributed by atoms with Crippen molar-refractivity contribution in [2.24, 2.45) is 0 Å². The third-order valence-electron chi connectivity index (χ3n) is 1.95. The van der Waals surface area contributed by atoms with Gasteiger partial charge in [-0.1, -0.05) is 0 Å². The summed E-state index contributed by atoms with van der Waals surface area (Å²) >= 11 is 0. The number of furan rings is 1. The molecule has 16 heavy (non-hydrogen) atoms. The zero-order valence-electron chi connectivity index (χ0n) is 9.77. The number of hydrogen-bond donors (Lipinski definition) is 0. The summed E-state index contributed by atoms with van der Waals surface area (Å²) in [6.07, 6.45) is 2.69. The van der Waals surface area contributed by atoms with Gasteiger partial charge in [-0.15, -0.1) is 0 Å². The lowest BCUT2D eigenvalue weighted by Crippen LogP contribution is -2.13. The van der Waals surface area contributed by atoms with E-state index in [1.807, 2.05) is 19.9 Å². The largest absolute Gasteiger partial charge is 0.469 e. The van der Waals surface area contributed by atoms with Crippen LogP contribution < -0.4 is 0 Å². The van der Waals surface area contributed by atoms with Gasteiger partial charge in [-0.3, -0.25) is 4.79 Å². The van der Waals surface area contributed by atoms with Crippen LogP contribution in [0, 0.1) is 0 Å². The fraction of sp³-hybridized carbons (Fsp3) is 0.583. The van der Waals surface area contributed by atoms with Crippen molar-refractivity contribution in [2.45, 2.75) is 32.8 Å². The summed E-state index contributed by atoms with van der Waals surface area (Å²) in [6.45, 7) is 4.65. The Bertz CT molecular complexity index is 290. The topological polar surface area (TPSA) is 48.7 Å². The van der Waals surface area contributed by atoms with Gasteiger partial charge in [0, 0.05) is 6.42 Å². The minimum atomic E-state index is -0.219. The summed E-state index contributed by atoms with van der Waals surface area (Å²) in [6, 6.07) is 3.65. The predicted octanol–water partition coefficient (Wildman–Crippen LogP) is 2.18. The normalized spacial score (nSPS) is 10.7. The van der Waals surface area contributed by atoms with Crippen molar-refractivity contribution in [1.29, 1.82) is 0 Å². The van der Waals surface area contributed by atoms with Gasteiger partial charge in [0.15, 0.2) is 0 Å². The third kappa shape index (κ3) is 5.56. The van der Waals surface area contributed by atoms with E-state index in [1.54, 1.807) is 12.3 Å². The van der Waals surface area contributed by atoms with Crippen LogP contribution in [0.4, 0.5) is 0 Å². The first-order valence-corrected chi connectivity index (χ1v) is 5.48. The number of aryl methyl sites for hydroxylation is 1. The van der Waals surface area contributed by atoms with Crippen molar-refractivity contribution >= 4 is 5.97 Å². The molecule has 0 aromatic carbocycles. The Morgan fingerprint density at radius 1 is 1.44 bits per heavy atom. The van der Waals surface area contributed by atoms with Crippen molar-refractivity contribution in [1.82, 2.24) is 0 Å². The lowest BCUT2D eigenvalue weighted by Gasteiger charge is -2.07. The quantitative estimate of drug-likeness (QED) is 0.528. The maximum atomic E-state index is 11.3. The van der Waals surface area contributed by atoms with Crippen LogP contribution in [-0.4, -0.2) is 25.3 Å². The fourth-order valence-electron chi connectivity index (χ4n) is 1.19. The summed E-state index contributed by atoms with van der Waals surface area (Å²) in [5.74, 6) is 0.583. The molecular weight excluding hydrogens is 208 g/mol. The van der Waals surface area contributed by atoms with E-state index >= 15 is 0 Å². The van der Waals surface area contributed by atoms with Gasteiger partial charge in [-0.05, 0) is 26.0 Å². The molecule has 0 unspecified atom stereocenters. The molecule has 0 saturated carbocycles. The Morgan fingerprint density at radius 2 is 2.25 bits per heavy atom. The summed E-state index contributed by atoms with van der Waals surface area (Å²) in [5, 5.41) is 0. The van der Waals surface area contributed by atoms with E-state index in [-0.39, 0.29) is 12.1 Å². The van der Waals surface area contributed by atoms with Crippen LogP contribution in [0.25, 0.3) is 0 Å². The number of esters is 1. The number of carbonyl (C=O) groups excluding carboxylic acids is 1. The molecule has 1 aromatic rings. The monoisotopic (exact) mass is 226 g/mol. The van der Waals surface area contributed by atoms with E-state index in [1.165, 1.54) is 0 Å². The Kier molecular flexibility index (Phi) is 5.64. The van der Waals surface area contributed by atoms with Crippen molar-refractivity contribution in [3.63, 3.8) is 0 Å². The van der Waals surface area contributed by atoms with Gasteiger partial charge in [0.05, 0.1) is 25.4 Å². The van der Waals surface area contributed by atoms with E-state index in [2.05, 4.69) is 0 Å². The van der Waals surface area contributed by atoms with Crippen LogP contribution in [0.3, 0.4) is 0 Å². The molecule has 0 fully saturated rings. The van der Waals surface area contributed by atoms with E-state index in [0.29, 0.717) is 26.1 Å². The van der Waals surface area contributed by atoms with E-state index in [4.69, 9.17) is 13.9 Å². The van der Waals surface area contributed by atoms with Gasteiger partial charge < -0.3 is 13.9 Å². The van der Waals surface area contributed by atoms with Gasteiger partial charge in [0.2, 0.25) is 0 Å². The summed E-state index contributed by atoms with van der Waals surface area (Å²) < 4.78 is 15.3. The van der Waals surface area contributed by atoms with Crippen molar-refractivity contribution in [3.8, 4) is 0 Å². The first kappa shape index (κ1) is 12.8. The second-order valence-corrected chi connectivity index (χ2v) is 3.72. The fourth-order valence-corrected chi connectivity index (χ4v) is 1.19. The lowest BCUT2D eigenvalue weighted by atomic mass is 10.2. The number of ether oxygens (including phenoxy) is 2. The molecule has 0 aliphatic carbocycles. The Hall–Kier alpha value is -1.29. The zero-order chi connectivity index (χ0) is 11.8. The van der Waals surface area contributed by atoms with Crippen molar-refractivity contribution < 1.29 is 18.7 Å². The molecule has 0 atom stereocenters. The van der Waals surface area contributed by atoms with Crippen molar-refractivity contribution in [3.05, 3.63) is 24.2 Å². The summed E-state index contributed by atoms with van der Waals surface area (Å²) in [5.41, 5.74) is 0. The van der Waals surface area contributed by atoms with Gasteiger partial charge in [-0.2, -0.15) is 0 Å². The highest BCUT2D eigenvalue weighted by Gasteiger charge is 2.05. The van der Waals surface area contributed by atoms with E-state index in [0.717, 1.165) is 5.76 Å². The van der Waals surface area contributed by atoms with E-state index < -0.39 is 0 Å². The Balaban J connectivity index is 2.03. The second kappa shape index (κ2) is 7.06. The van der Waals surface area contributed by atoms with Gasteiger partial charge in [-0.25, -0.2) is 0 Å². The minimum absolute atomic E-state index is 0.168. The Morgan fingerprint density at radius 3 is 2.88 bits per heavy atom. The lowest BCUT2D eigenvalue weighted by molar-refractivity contribution is -0.145. The smallest absolute Gasteiger partial charge is 0.306 e. The highest BCUT2D eigenvalue weighted by atomic mass is 16.6. The first-order chi connectivity index (χ1) is 7.68. The molecule has 0 aliphatic rings. The van der Waals surface area contributed by atoms with Gasteiger partial charge in [0.1, 0.15) is 12.4 Å². The SMILES string of the molecule is CC(C)OCCOC(=O)CCc1ccco1. The molecule has 1 rings (SSSR count). The molecule has 0 aliphatic heterocycles. The van der Waals surface area contributed by atoms with Crippen LogP contribution >= 0.6 is 0 Å². The molecule has 1 heterocycles. The molecular formula is C12H18O4. The molecule has 0 amide bonds. The van der Waals surface area contributed by atoms with Crippen LogP contribution in [-0.2, 0) is 20.7 Å². The average molecular weight is 226 g/mol. The first-order valence-electron chi connectivity index (χ1n) is 5.48.